The summed E-state index contributed by atoms with van der Waals surface area (Å²) in [4.78, 5) is 51.6. The van der Waals surface area contributed by atoms with Crippen molar-refractivity contribution in [1.82, 2.24) is 10.6 Å². The van der Waals surface area contributed by atoms with Crippen LogP contribution in [0.5, 0.6) is 0 Å². The van der Waals surface area contributed by atoms with E-state index in [-0.39, 0.29) is 43.3 Å². The predicted octanol–water partition coefficient (Wildman–Crippen LogP) is 2.58. The number of carbonyl (C=O) groups excluding carboxylic acids is 3. The van der Waals surface area contributed by atoms with E-state index in [0.717, 1.165) is 16.0 Å². The fraction of sp³-hybridized carbons (Fsp3) is 0.241. The Bertz CT molecular complexity index is 1370. The maximum Gasteiger partial charge on any atom is 0.408 e. The Morgan fingerprint density at radius 3 is 2.07 bits per heavy atom. The number of guanidine groups is 1. The fourth-order valence-electron chi connectivity index (χ4n) is 4.24. The summed E-state index contributed by atoms with van der Waals surface area (Å²) in [6.07, 6.45) is -0.409. The molecule has 220 valence electrons. The Morgan fingerprint density at radius 2 is 1.52 bits per heavy atom. The van der Waals surface area contributed by atoms with Crippen LogP contribution in [0, 0.1) is 15.5 Å². The third kappa shape index (κ3) is 9.33. The number of anilines is 1. The summed E-state index contributed by atoms with van der Waals surface area (Å²) in [7, 11) is 0. The van der Waals surface area contributed by atoms with Crippen molar-refractivity contribution < 1.29 is 24.0 Å². The Kier molecular flexibility index (Phi) is 11.4. The quantitative estimate of drug-likeness (QED) is 0.0633. The average Bonchev–Trinajstić information content (AvgIpc) is 2.98. The van der Waals surface area contributed by atoms with Gasteiger partial charge in [0.15, 0.2) is 5.96 Å². The minimum Gasteiger partial charge on any atom is -0.445 e. The van der Waals surface area contributed by atoms with Crippen LogP contribution < -0.4 is 27.0 Å². The number of nitrogens with zero attached hydrogens (tertiary/aromatic N) is 2. The van der Waals surface area contributed by atoms with E-state index in [0.29, 0.717) is 6.42 Å². The summed E-state index contributed by atoms with van der Waals surface area (Å²) < 4.78 is 5.36. The lowest BCUT2D eigenvalue weighted by molar-refractivity contribution is -0.384. The molecule has 2 atom stereocenters. The number of rotatable bonds is 14. The second-order valence-corrected chi connectivity index (χ2v) is 9.33. The third-order valence-corrected chi connectivity index (χ3v) is 6.27. The molecular formula is C29H33N7O6. The molecule has 0 unspecified atom stereocenters. The lowest BCUT2D eigenvalue weighted by Crippen LogP contribution is -2.56. The number of non-ortho nitro benzene ring substituents is 1. The van der Waals surface area contributed by atoms with Crippen molar-refractivity contribution in [2.75, 3.05) is 11.4 Å². The van der Waals surface area contributed by atoms with E-state index in [1.165, 1.54) is 24.3 Å². The molecule has 3 amide bonds. The van der Waals surface area contributed by atoms with E-state index in [4.69, 9.17) is 21.6 Å². The molecule has 0 spiro atoms. The number of nitro groups is 1. The molecule has 13 nitrogen and oxygen atoms in total. The van der Waals surface area contributed by atoms with Gasteiger partial charge in [-0.1, -0.05) is 60.7 Å². The summed E-state index contributed by atoms with van der Waals surface area (Å²) in [6.45, 7) is 0.205. The van der Waals surface area contributed by atoms with Crippen LogP contribution in [0.2, 0.25) is 0 Å². The Balaban J connectivity index is 1.94. The van der Waals surface area contributed by atoms with Crippen molar-refractivity contribution in [2.45, 2.75) is 38.0 Å². The van der Waals surface area contributed by atoms with E-state index in [1.807, 2.05) is 12.1 Å². The minimum absolute atomic E-state index is 0.0297. The maximum atomic E-state index is 14.2. The first-order valence-corrected chi connectivity index (χ1v) is 13.1. The van der Waals surface area contributed by atoms with Crippen molar-refractivity contribution in [3.8, 4) is 0 Å². The molecule has 0 fully saturated rings. The van der Waals surface area contributed by atoms with Crippen molar-refractivity contribution in [3.05, 3.63) is 106 Å². The first-order chi connectivity index (χ1) is 20.2. The van der Waals surface area contributed by atoms with Crippen LogP contribution in [0.15, 0.2) is 84.9 Å². The number of hydrogen-bond acceptors (Lipinski definition) is 7. The largest absolute Gasteiger partial charge is 0.445 e. The predicted molar refractivity (Wildman–Crippen MR) is 156 cm³/mol. The van der Waals surface area contributed by atoms with Gasteiger partial charge in [-0.05, 0) is 36.1 Å². The lowest BCUT2D eigenvalue weighted by atomic mass is 10.0. The highest BCUT2D eigenvalue weighted by molar-refractivity contribution is 6.04. The molecule has 0 aromatic heterocycles. The first-order valence-electron chi connectivity index (χ1n) is 13.1. The molecule has 3 rings (SSSR count). The van der Waals surface area contributed by atoms with Gasteiger partial charge < -0.3 is 26.8 Å². The zero-order valence-electron chi connectivity index (χ0n) is 22.8. The summed E-state index contributed by atoms with van der Waals surface area (Å²) in [5.41, 5.74) is 12.5. The van der Waals surface area contributed by atoms with Crippen LogP contribution in [0.3, 0.4) is 0 Å². The zero-order valence-corrected chi connectivity index (χ0v) is 22.8. The molecule has 0 saturated carbocycles. The SMILES string of the molecule is N=C(N)NCCC[C@@H](C(N)=O)N(C(=O)[C@H](Cc1ccccc1)NC(=O)OCc1ccccc1)c1ccc([N+](=O)[O-])cc1. The normalized spacial score (nSPS) is 11.9. The molecule has 0 saturated heterocycles. The average molecular weight is 576 g/mol. The molecule has 13 heteroatoms. The van der Waals surface area contributed by atoms with Gasteiger partial charge in [-0.25, -0.2) is 4.79 Å². The summed E-state index contributed by atoms with van der Waals surface area (Å²) in [5, 5.41) is 23.8. The smallest absolute Gasteiger partial charge is 0.408 e. The molecule has 0 aliphatic rings. The van der Waals surface area contributed by atoms with E-state index < -0.39 is 34.9 Å². The van der Waals surface area contributed by atoms with Crippen LogP contribution in [0.1, 0.15) is 24.0 Å². The number of nitrogens with one attached hydrogen (secondary N) is 3. The highest BCUT2D eigenvalue weighted by atomic mass is 16.6. The molecular weight excluding hydrogens is 542 g/mol. The van der Waals surface area contributed by atoms with Crippen molar-refractivity contribution in [2.24, 2.45) is 11.5 Å². The number of ether oxygens (including phenoxy) is 1. The van der Waals surface area contributed by atoms with Gasteiger partial charge in [-0.2, -0.15) is 0 Å². The molecule has 0 bridgehead atoms. The van der Waals surface area contributed by atoms with Crippen LogP contribution in [-0.4, -0.2) is 47.4 Å². The number of carbonyl (C=O) groups is 3. The number of amides is 3. The molecule has 0 heterocycles. The van der Waals surface area contributed by atoms with Gasteiger partial charge in [-0.3, -0.25) is 30.0 Å². The van der Waals surface area contributed by atoms with E-state index >= 15 is 0 Å². The van der Waals surface area contributed by atoms with Crippen LogP contribution >= 0.6 is 0 Å². The van der Waals surface area contributed by atoms with Gasteiger partial charge in [0.1, 0.15) is 18.7 Å². The van der Waals surface area contributed by atoms with Crippen LogP contribution in [-0.2, 0) is 27.4 Å². The molecule has 0 radical (unpaired) electrons. The fourth-order valence-corrected chi connectivity index (χ4v) is 4.24. The Labute approximate surface area is 242 Å². The third-order valence-electron chi connectivity index (χ3n) is 6.27. The summed E-state index contributed by atoms with van der Waals surface area (Å²) >= 11 is 0. The number of alkyl carbamates (subject to hydrolysis) is 1. The monoisotopic (exact) mass is 575 g/mol. The number of nitrogens with two attached hydrogens (primary N) is 2. The molecule has 3 aromatic carbocycles. The van der Waals surface area contributed by atoms with Gasteiger partial charge in [0, 0.05) is 30.8 Å². The molecule has 3 aromatic rings. The van der Waals surface area contributed by atoms with Crippen molar-refractivity contribution in [3.63, 3.8) is 0 Å². The van der Waals surface area contributed by atoms with Gasteiger partial charge in [0.2, 0.25) is 5.91 Å². The highest BCUT2D eigenvalue weighted by Crippen LogP contribution is 2.25. The summed E-state index contributed by atoms with van der Waals surface area (Å²) in [5.74, 6) is -1.75. The number of hydrogen-bond donors (Lipinski definition) is 5. The topological polar surface area (TPSA) is 207 Å². The van der Waals surface area contributed by atoms with Gasteiger partial charge in [0.05, 0.1) is 4.92 Å². The first kappa shape index (κ1) is 31.1. The minimum atomic E-state index is -1.19. The Morgan fingerprint density at radius 1 is 0.929 bits per heavy atom. The van der Waals surface area contributed by atoms with Gasteiger partial charge in [-0.15, -0.1) is 0 Å². The van der Waals surface area contributed by atoms with Gasteiger partial charge in [0.25, 0.3) is 11.6 Å². The van der Waals surface area contributed by atoms with E-state index in [9.17, 15) is 24.5 Å². The highest BCUT2D eigenvalue weighted by Gasteiger charge is 2.35. The van der Waals surface area contributed by atoms with Gasteiger partial charge >= 0.3 is 6.09 Å². The van der Waals surface area contributed by atoms with Crippen LogP contribution in [0.4, 0.5) is 16.2 Å². The molecule has 0 aliphatic heterocycles. The van der Waals surface area contributed by atoms with Crippen molar-refractivity contribution >= 4 is 35.2 Å². The number of benzene rings is 3. The molecule has 7 N–H and O–H groups in total. The zero-order chi connectivity index (χ0) is 30.5. The number of primary amides is 1. The maximum absolute atomic E-state index is 14.2. The summed E-state index contributed by atoms with van der Waals surface area (Å²) in [6, 6.07) is 20.7. The van der Waals surface area contributed by atoms with E-state index in [2.05, 4.69) is 10.6 Å². The molecule has 42 heavy (non-hydrogen) atoms. The lowest BCUT2D eigenvalue weighted by Gasteiger charge is -2.33. The van der Waals surface area contributed by atoms with Crippen molar-refractivity contribution in [1.29, 1.82) is 5.41 Å². The standard InChI is InChI=1S/C29H33N7O6/c30-26(37)25(12-7-17-33-28(31)32)35(22-13-15-23(16-14-22)36(40)41)27(38)24(18-20-8-3-1-4-9-20)34-29(39)42-19-21-10-5-2-6-11-21/h1-6,8-11,13-16,24-25H,7,12,17-19H2,(H2,30,37)(H,34,39)(H4,31,32,33)/t24-,25-/m0/s1. The number of nitro benzene ring substituents is 1. The second kappa shape index (κ2) is 15.4. The van der Waals surface area contributed by atoms with Crippen LogP contribution in [0.25, 0.3) is 0 Å². The Hall–Kier alpha value is -5.46. The molecule has 0 aliphatic carbocycles. The second-order valence-electron chi connectivity index (χ2n) is 9.33. The van der Waals surface area contributed by atoms with E-state index in [1.54, 1.807) is 48.5 Å².